The van der Waals surface area contributed by atoms with Gasteiger partial charge in [0.25, 0.3) is 0 Å². The number of hydrogen-bond donors (Lipinski definition) is 0. The van der Waals surface area contributed by atoms with Crippen molar-refractivity contribution in [1.82, 2.24) is 4.98 Å². The quantitative estimate of drug-likeness (QED) is 0.574. The van der Waals surface area contributed by atoms with Gasteiger partial charge in [-0.1, -0.05) is 0 Å². The van der Waals surface area contributed by atoms with Gasteiger partial charge in [0.15, 0.2) is 0 Å². The molecule has 0 amide bonds. The van der Waals surface area contributed by atoms with Crippen molar-refractivity contribution in [2.75, 3.05) is 0 Å². The van der Waals surface area contributed by atoms with E-state index in [2.05, 4.69) is 25.3 Å². The van der Waals surface area contributed by atoms with Crippen molar-refractivity contribution in [3.05, 3.63) is 28.0 Å². The number of rotatable bonds is 2. The molecule has 2 nitrogen and oxygen atoms in total. The van der Waals surface area contributed by atoms with E-state index in [4.69, 9.17) is 0 Å². The number of hydrogen-bond acceptors (Lipinski definition) is 3. The summed E-state index contributed by atoms with van der Waals surface area (Å²) in [5, 5.41) is 0. The van der Waals surface area contributed by atoms with Gasteiger partial charge >= 0.3 is 6.18 Å². The Kier molecular flexibility index (Phi) is 4.83. The summed E-state index contributed by atoms with van der Waals surface area (Å²) in [4.78, 5) is 3.33. The van der Waals surface area contributed by atoms with Crippen molar-refractivity contribution in [3.8, 4) is 0 Å². The van der Waals surface area contributed by atoms with E-state index < -0.39 is 11.9 Å². The second-order valence-corrected chi connectivity index (χ2v) is 7.00. The molecule has 100 valence electrons. The van der Waals surface area contributed by atoms with E-state index in [0.717, 1.165) is 12.3 Å². The van der Waals surface area contributed by atoms with Crippen molar-refractivity contribution in [3.63, 3.8) is 0 Å². The van der Waals surface area contributed by atoms with Crippen LogP contribution in [0.25, 0.3) is 0 Å². The minimum absolute atomic E-state index is 0.0805. The largest absolute Gasteiger partial charge is 0.433 e. The number of aromatic nitrogens is 1. The fraction of sp³-hybridized carbons (Fsp3) is 0.455. The molecule has 1 rings (SSSR count). The molecular weight excluding hydrogens is 329 g/mol. The maximum atomic E-state index is 12.5. The highest BCUT2D eigenvalue weighted by Crippen LogP contribution is 2.30. The Morgan fingerprint density at radius 2 is 1.94 bits per heavy atom. The molecule has 0 unspecified atom stereocenters. The molecule has 1 aromatic heterocycles. The molecule has 0 aliphatic carbocycles. The zero-order chi connectivity index (χ0) is 14.0. The third-order valence-corrected chi connectivity index (χ3v) is 3.11. The maximum Gasteiger partial charge on any atom is 0.433 e. The number of pyridine rings is 1. The zero-order valence-corrected chi connectivity index (χ0v) is 12.4. The van der Waals surface area contributed by atoms with Crippen molar-refractivity contribution in [2.24, 2.45) is 4.40 Å². The Balaban J connectivity index is 2.95. The normalized spacial score (nSPS) is 13.3. The topological polar surface area (TPSA) is 25.2 Å². The van der Waals surface area contributed by atoms with Gasteiger partial charge in [0.2, 0.25) is 0 Å². The molecule has 0 aliphatic heterocycles. The minimum Gasteiger partial charge on any atom is -0.251 e. The lowest BCUT2D eigenvalue weighted by molar-refractivity contribution is -0.141. The highest BCUT2D eigenvalue weighted by atomic mass is 79.9. The van der Waals surface area contributed by atoms with Crippen LogP contribution < -0.4 is 0 Å². The van der Waals surface area contributed by atoms with Gasteiger partial charge in [-0.2, -0.15) is 13.2 Å². The molecule has 0 fully saturated rings. The maximum absolute atomic E-state index is 12.5. The minimum atomic E-state index is -4.44. The van der Waals surface area contributed by atoms with Crippen LogP contribution in [0.3, 0.4) is 0 Å². The molecule has 18 heavy (non-hydrogen) atoms. The highest BCUT2D eigenvalue weighted by Gasteiger charge is 2.32. The van der Waals surface area contributed by atoms with Gasteiger partial charge in [0.05, 0.1) is 0 Å². The van der Waals surface area contributed by atoms with Crippen LogP contribution in [0.2, 0.25) is 0 Å². The van der Waals surface area contributed by atoms with E-state index in [1.165, 1.54) is 18.2 Å². The van der Waals surface area contributed by atoms with Gasteiger partial charge in [-0.3, -0.25) is 4.98 Å². The van der Waals surface area contributed by atoms with E-state index in [1.54, 1.807) is 0 Å². The van der Waals surface area contributed by atoms with Crippen LogP contribution in [-0.4, -0.2) is 15.9 Å². The van der Waals surface area contributed by atoms with Crippen LogP contribution in [0.15, 0.2) is 21.1 Å². The van der Waals surface area contributed by atoms with Crippen LogP contribution in [0, 0.1) is 0 Å². The molecule has 7 heteroatoms. The standard InChI is InChI=1S/C11H12BrF3N2S/c1-10(2,3)18-17-5-7-4-9(11(13,14)15)16-6-8(7)12/h4-6H,1-3H3/b17-5+. The van der Waals surface area contributed by atoms with E-state index in [-0.39, 0.29) is 4.75 Å². The van der Waals surface area contributed by atoms with Crippen molar-refractivity contribution < 1.29 is 13.2 Å². The number of alkyl halides is 3. The SMILES string of the molecule is CC(C)(C)S/N=C/c1cc(C(F)(F)F)ncc1Br. The molecule has 0 saturated heterocycles. The van der Waals surface area contributed by atoms with Crippen LogP contribution in [0.5, 0.6) is 0 Å². The average molecular weight is 341 g/mol. The van der Waals surface area contributed by atoms with Crippen LogP contribution >= 0.6 is 27.9 Å². The first-order chi connectivity index (χ1) is 8.09. The molecule has 0 aliphatic rings. The van der Waals surface area contributed by atoms with E-state index in [9.17, 15) is 13.2 Å². The fourth-order valence-corrected chi connectivity index (χ4v) is 1.75. The van der Waals surface area contributed by atoms with Gasteiger partial charge in [-0.25, -0.2) is 4.40 Å². The second-order valence-electron chi connectivity index (χ2n) is 4.53. The first-order valence-corrected chi connectivity index (χ1v) is 6.60. The molecule has 0 N–H and O–H groups in total. The average Bonchev–Trinajstić information content (AvgIpc) is 2.17. The van der Waals surface area contributed by atoms with E-state index in [1.807, 2.05) is 20.8 Å². The molecule has 0 radical (unpaired) electrons. The molecule has 1 heterocycles. The molecule has 0 aromatic carbocycles. The first kappa shape index (κ1) is 15.5. The fourth-order valence-electron chi connectivity index (χ4n) is 0.949. The Hall–Kier alpha value is -0.560. The summed E-state index contributed by atoms with van der Waals surface area (Å²) in [6.45, 7) is 5.91. The van der Waals surface area contributed by atoms with Gasteiger partial charge < -0.3 is 0 Å². The van der Waals surface area contributed by atoms with Crippen LogP contribution in [0.4, 0.5) is 13.2 Å². The summed E-state index contributed by atoms with van der Waals surface area (Å²) in [6, 6.07) is 0.969. The smallest absolute Gasteiger partial charge is 0.251 e. The van der Waals surface area contributed by atoms with Gasteiger partial charge in [-0.15, -0.1) is 0 Å². The Morgan fingerprint density at radius 3 is 2.44 bits per heavy atom. The molecule has 0 atom stereocenters. The van der Waals surface area contributed by atoms with Crippen molar-refractivity contribution >= 4 is 34.1 Å². The predicted molar refractivity (Wildman–Crippen MR) is 71.9 cm³/mol. The lowest BCUT2D eigenvalue weighted by Crippen LogP contribution is -2.08. The lowest BCUT2D eigenvalue weighted by Gasteiger charge is -2.12. The van der Waals surface area contributed by atoms with E-state index >= 15 is 0 Å². The molecule has 0 saturated carbocycles. The predicted octanol–water partition coefficient (Wildman–Crippen LogP) is 4.73. The van der Waals surface area contributed by atoms with Crippen LogP contribution in [-0.2, 0) is 6.18 Å². The lowest BCUT2D eigenvalue weighted by atomic mass is 10.2. The van der Waals surface area contributed by atoms with Gasteiger partial charge in [0, 0.05) is 27.2 Å². The van der Waals surface area contributed by atoms with Crippen molar-refractivity contribution in [1.29, 1.82) is 0 Å². The number of halogens is 4. The zero-order valence-electron chi connectivity index (χ0n) is 10.0. The van der Waals surface area contributed by atoms with Crippen LogP contribution in [0.1, 0.15) is 32.0 Å². The second kappa shape index (κ2) is 5.61. The summed E-state index contributed by atoms with van der Waals surface area (Å²) in [5.74, 6) is 0. The molecule has 0 spiro atoms. The summed E-state index contributed by atoms with van der Waals surface area (Å²) < 4.78 is 41.9. The summed E-state index contributed by atoms with van der Waals surface area (Å²) in [6.07, 6.45) is -1.91. The van der Waals surface area contributed by atoms with Gasteiger partial charge in [0.1, 0.15) is 5.69 Å². The summed E-state index contributed by atoms with van der Waals surface area (Å²) in [5.41, 5.74) is -0.568. The van der Waals surface area contributed by atoms with Gasteiger partial charge in [-0.05, 0) is 54.7 Å². The molecule has 0 bridgehead atoms. The molecular formula is C11H12BrF3N2S. The van der Waals surface area contributed by atoms with E-state index in [0.29, 0.717) is 10.0 Å². The summed E-state index contributed by atoms with van der Waals surface area (Å²) in [7, 11) is 0. The molecule has 1 aromatic rings. The third kappa shape index (κ3) is 4.97. The van der Waals surface area contributed by atoms with Crippen molar-refractivity contribution in [2.45, 2.75) is 31.7 Å². The third-order valence-electron chi connectivity index (χ3n) is 1.69. The highest BCUT2D eigenvalue weighted by molar-refractivity contribution is 9.10. The monoisotopic (exact) mass is 340 g/mol. The Bertz CT molecular complexity index is 453. The number of nitrogens with zero attached hydrogens (tertiary/aromatic N) is 2. The summed E-state index contributed by atoms with van der Waals surface area (Å²) >= 11 is 4.44. The Morgan fingerprint density at radius 1 is 1.33 bits per heavy atom. The Labute approximate surface area is 116 Å². The first-order valence-electron chi connectivity index (χ1n) is 5.04.